The van der Waals surface area contributed by atoms with Gasteiger partial charge in [-0.2, -0.15) is 0 Å². The maximum absolute atomic E-state index is 11.3. The van der Waals surface area contributed by atoms with Crippen LogP contribution in [0.15, 0.2) is 16.7 Å². The summed E-state index contributed by atoms with van der Waals surface area (Å²) >= 11 is 3.54. The molecule has 0 saturated heterocycles. The Morgan fingerprint density at radius 2 is 2.14 bits per heavy atom. The normalized spacial score (nSPS) is 11.7. The Hall–Kier alpha value is -1.60. The number of aromatic nitrogens is 2. The van der Waals surface area contributed by atoms with Crippen molar-refractivity contribution < 1.29 is 10.0 Å². The Labute approximate surface area is 138 Å². The summed E-state index contributed by atoms with van der Waals surface area (Å²) in [4.78, 5) is 16.0. The smallest absolute Gasteiger partial charge is 0.262 e. The van der Waals surface area contributed by atoms with E-state index in [2.05, 4.69) is 42.0 Å². The van der Waals surface area contributed by atoms with Crippen molar-refractivity contribution in [3.8, 4) is 0 Å². The molecule has 3 N–H and O–H groups in total. The second kappa shape index (κ2) is 6.26. The largest absolute Gasteiger partial charge is 0.360 e. The van der Waals surface area contributed by atoms with Crippen molar-refractivity contribution in [3.05, 3.63) is 28.0 Å². The molecule has 0 radical (unpaired) electrons. The number of carbonyl (C=O) groups is 1. The van der Waals surface area contributed by atoms with Crippen LogP contribution in [0.3, 0.4) is 0 Å². The highest BCUT2D eigenvalue weighted by atomic mass is 79.9. The standard InChI is InChI=1S/C15H21BrN4O2/c1-9-5-10(16)13-18-11(6-15(2,3)4)14(20(13)8-9)17-7-12(21)19-22/h5,8,17,22H,6-7H2,1-4H3,(H,19,21). The third-order valence-electron chi connectivity index (χ3n) is 3.12. The first-order chi connectivity index (χ1) is 10.2. The van der Waals surface area contributed by atoms with Crippen molar-refractivity contribution in [1.82, 2.24) is 14.9 Å². The summed E-state index contributed by atoms with van der Waals surface area (Å²) in [6.07, 6.45) is 2.74. The van der Waals surface area contributed by atoms with E-state index in [1.165, 1.54) is 0 Å². The van der Waals surface area contributed by atoms with Gasteiger partial charge in [0, 0.05) is 6.20 Å². The monoisotopic (exact) mass is 368 g/mol. The number of imidazole rings is 1. The Morgan fingerprint density at radius 3 is 2.73 bits per heavy atom. The minimum atomic E-state index is -0.497. The van der Waals surface area contributed by atoms with Gasteiger partial charge in [-0.15, -0.1) is 0 Å². The molecule has 0 unspecified atom stereocenters. The molecule has 2 aromatic rings. The van der Waals surface area contributed by atoms with E-state index in [4.69, 9.17) is 10.2 Å². The summed E-state index contributed by atoms with van der Waals surface area (Å²) in [6.45, 7) is 8.40. The van der Waals surface area contributed by atoms with E-state index < -0.39 is 5.91 Å². The van der Waals surface area contributed by atoms with Gasteiger partial charge < -0.3 is 5.32 Å². The molecule has 22 heavy (non-hydrogen) atoms. The molecule has 0 aromatic carbocycles. The minimum Gasteiger partial charge on any atom is -0.360 e. The number of hydrogen-bond acceptors (Lipinski definition) is 4. The molecule has 0 aliphatic heterocycles. The molecule has 1 amide bonds. The molecule has 0 aliphatic rings. The lowest BCUT2D eigenvalue weighted by molar-refractivity contribution is -0.127. The number of hydroxylamine groups is 1. The second-order valence-electron chi connectivity index (χ2n) is 6.59. The molecule has 7 heteroatoms. The first kappa shape index (κ1) is 16.8. The molecule has 2 heterocycles. The Bertz CT molecular complexity index is 704. The van der Waals surface area contributed by atoms with Crippen LogP contribution in [0, 0.1) is 12.3 Å². The lowest BCUT2D eigenvalue weighted by atomic mass is 9.90. The van der Waals surface area contributed by atoms with Crippen LogP contribution in [0.25, 0.3) is 5.65 Å². The lowest BCUT2D eigenvalue weighted by Crippen LogP contribution is -2.27. The second-order valence-corrected chi connectivity index (χ2v) is 7.45. The maximum atomic E-state index is 11.3. The molecule has 2 aromatic heterocycles. The predicted octanol–water partition coefficient (Wildman–Crippen LogP) is 2.91. The number of halogens is 1. The van der Waals surface area contributed by atoms with E-state index in [0.717, 1.165) is 33.6 Å². The van der Waals surface area contributed by atoms with Crippen molar-refractivity contribution in [2.75, 3.05) is 11.9 Å². The van der Waals surface area contributed by atoms with Crippen molar-refractivity contribution in [2.45, 2.75) is 34.1 Å². The molecular formula is C15H21BrN4O2. The van der Waals surface area contributed by atoms with Crippen molar-refractivity contribution in [3.63, 3.8) is 0 Å². The zero-order valence-corrected chi connectivity index (χ0v) is 14.8. The number of hydrogen-bond donors (Lipinski definition) is 3. The summed E-state index contributed by atoms with van der Waals surface area (Å²) in [6, 6.07) is 2.01. The van der Waals surface area contributed by atoms with Gasteiger partial charge in [0.25, 0.3) is 5.91 Å². The summed E-state index contributed by atoms with van der Waals surface area (Å²) in [5.74, 6) is 0.279. The molecule has 120 valence electrons. The zero-order valence-electron chi connectivity index (χ0n) is 13.2. The molecule has 0 fully saturated rings. The molecule has 0 aliphatic carbocycles. The van der Waals surface area contributed by atoms with E-state index in [9.17, 15) is 4.79 Å². The van der Waals surface area contributed by atoms with E-state index >= 15 is 0 Å². The average Bonchev–Trinajstić information content (AvgIpc) is 2.72. The number of nitrogens with one attached hydrogen (secondary N) is 2. The predicted molar refractivity (Wildman–Crippen MR) is 89.2 cm³/mol. The fraction of sp³-hybridized carbons (Fsp3) is 0.467. The number of amides is 1. The molecular weight excluding hydrogens is 348 g/mol. The molecule has 2 rings (SSSR count). The van der Waals surface area contributed by atoms with Gasteiger partial charge in [-0.05, 0) is 46.3 Å². The van der Waals surface area contributed by atoms with E-state index in [0.29, 0.717) is 0 Å². The molecule has 0 saturated carbocycles. The van der Waals surface area contributed by atoms with Crippen molar-refractivity contribution in [2.24, 2.45) is 5.41 Å². The average molecular weight is 369 g/mol. The molecule has 0 bridgehead atoms. The van der Waals surface area contributed by atoms with Gasteiger partial charge in [0.15, 0.2) is 5.65 Å². The number of fused-ring (bicyclic) bond motifs is 1. The Kier molecular flexibility index (Phi) is 4.77. The summed E-state index contributed by atoms with van der Waals surface area (Å²) in [7, 11) is 0. The van der Waals surface area contributed by atoms with Gasteiger partial charge in [0.2, 0.25) is 0 Å². The topological polar surface area (TPSA) is 78.7 Å². The number of pyridine rings is 1. The van der Waals surface area contributed by atoms with Crippen molar-refractivity contribution in [1.29, 1.82) is 0 Å². The van der Waals surface area contributed by atoms with Crippen LogP contribution in [-0.4, -0.2) is 27.0 Å². The van der Waals surface area contributed by atoms with E-state index in [1.807, 2.05) is 23.6 Å². The highest BCUT2D eigenvalue weighted by Crippen LogP contribution is 2.30. The van der Waals surface area contributed by atoms with Gasteiger partial charge in [0.1, 0.15) is 5.82 Å². The van der Waals surface area contributed by atoms with Gasteiger partial charge in [-0.3, -0.25) is 14.4 Å². The zero-order chi connectivity index (χ0) is 16.5. The summed E-state index contributed by atoms with van der Waals surface area (Å²) in [5.41, 5.74) is 4.46. The minimum absolute atomic E-state index is 0.0208. The third-order valence-corrected chi connectivity index (χ3v) is 3.71. The van der Waals surface area contributed by atoms with Crippen LogP contribution in [0.1, 0.15) is 32.0 Å². The number of carbonyl (C=O) groups excluding carboxylic acids is 1. The first-order valence-electron chi connectivity index (χ1n) is 7.05. The summed E-state index contributed by atoms with van der Waals surface area (Å²) < 4.78 is 2.84. The SMILES string of the molecule is Cc1cc(Br)c2nc(CC(C)(C)C)c(NCC(=O)NO)n2c1. The quantitative estimate of drug-likeness (QED) is 0.572. The number of rotatable bonds is 4. The van der Waals surface area contributed by atoms with Crippen LogP contribution in [0.2, 0.25) is 0 Å². The van der Waals surface area contributed by atoms with Crippen LogP contribution in [-0.2, 0) is 11.2 Å². The third kappa shape index (κ3) is 3.78. The summed E-state index contributed by atoms with van der Waals surface area (Å²) in [5, 5.41) is 11.7. The number of anilines is 1. The van der Waals surface area contributed by atoms with Crippen LogP contribution >= 0.6 is 15.9 Å². The van der Waals surface area contributed by atoms with Gasteiger partial charge >= 0.3 is 0 Å². The molecule has 0 spiro atoms. The molecule has 0 atom stereocenters. The highest BCUT2D eigenvalue weighted by molar-refractivity contribution is 9.10. The van der Waals surface area contributed by atoms with E-state index in [-0.39, 0.29) is 12.0 Å². The molecule has 6 nitrogen and oxygen atoms in total. The highest BCUT2D eigenvalue weighted by Gasteiger charge is 2.20. The van der Waals surface area contributed by atoms with Gasteiger partial charge in [0.05, 0.1) is 16.7 Å². The van der Waals surface area contributed by atoms with Crippen LogP contribution in [0.5, 0.6) is 0 Å². The maximum Gasteiger partial charge on any atom is 0.262 e. The Morgan fingerprint density at radius 1 is 1.45 bits per heavy atom. The fourth-order valence-corrected chi connectivity index (χ4v) is 2.94. The number of aryl methyl sites for hydroxylation is 1. The van der Waals surface area contributed by atoms with Gasteiger partial charge in [-0.25, -0.2) is 10.5 Å². The van der Waals surface area contributed by atoms with Gasteiger partial charge in [-0.1, -0.05) is 20.8 Å². The lowest BCUT2D eigenvalue weighted by Gasteiger charge is -2.17. The number of nitrogens with zero attached hydrogens (tertiary/aromatic N) is 2. The van der Waals surface area contributed by atoms with Crippen molar-refractivity contribution >= 4 is 33.3 Å². The van der Waals surface area contributed by atoms with Crippen LogP contribution < -0.4 is 10.8 Å². The van der Waals surface area contributed by atoms with Crippen LogP contribution in [0.4, 0.5) is 5.82 Å². The fourth-order valence-electron chi connectivity index (χ4n) is 2.30. The van der Waals surface area contributed by atoms with E-state index in [1.54, 1.807) is 5.48 Å². The Balaban J connectivity index is 2.51. The first-order valence-corrected chi connectivity index (χ1v) is 7.84.